The molecule has 0 saturated heterocycles. The molecule has 1 amide bonds. The highest BCUT2D eigenvalue weighted by Crippen LogP contribution is 2.48. The van der Waals surface area contributed by atoms with Crippen molar-refractivity contribution in [3.63, 3.8) is 0 Å². The Morgan fingerprint density at radius 2 is 1.84 bits per heavy atom. The number of thioether (sulfide) groups is 1. The van der Waals surface area contributed by atoms with Gasteiger partial charge in [-0.25, -0.2) is 4.98 Å². The SMILES string of the molecule is O=C(CSc1nc2c(c(=O)n1Cc1ccco1)C1(CCCCC1)Cc1ccccc1-2)Nc1ccc(Cl)cc1. The van der Waals surface area contributed by atoms with Gasteiger partial charge in [0.15, 0.2) is 5.16 Å². The van der Waals surface area contributed by atoms with E-state index in [1.807, 2.05) is 18.2 Å². The zero-order valence-corrected chi connectivity index (χ0v) is 22.5. The van der Waals surface area contributed by atoms with Crippen molar-refractivity contribution in [2.24, 2.45) is 0 Å². The minimum atomic E-state index is -0.202. The van der Waals surface area contributed by atoms with Crippen LogP contribution in [0.25, 0.3) is 11.3 Å². The van der Waals surface area contributed by atoms with Crippen LogP contribution in [0.3, 0.4) is 0 Å². The summed E-state index contributed by atoms with van der Waals surface area (Å²) in [7, 11) is 0. The topological polar surface area (TPSA) is 77.1 Å². The molecule has 8 heteroatoms. The van der Waals surface area contributed by atoms with Gasteiger partial charge in [-0.05, 0) is 61.2 Å². The first-order chi connectivity index (χ1) is 18.5. The van der Waals surface area contributed by atoms with Crippen molar-refractivity contribution >= 4 is 35.0 Å². The number of nitrogens with one attached hydrogen (secondary N) is 1. The van der Waals surface area contributed by atoms with Gasteiger partial charge in [0, 0.05) is 21.7 Å². The van der Waals surface area contributed by atoms with Crippen LogP contribution in [0, 0.1) is 0 Å². The first kappa shape index (κ1) is 25.0. The van der Waals surface area contributed by atoms with Crippen molar-refractivity contribution < 1.29 is 9.21 Å². The van der Waals surface area contributed by atoms with E-state index in [9.17, 15) is 9.59 Å². The molecule has 2 aromatic heterocycles. The molecule has 1 spiro atoms. The van der Waals surface area contributed by atoms with Crippen molar-refractivity contribution in [1.29, 1.82) is 0 Å². The zero-order valence-electron chi connectivity index (χ0n) is 20.9. The van der Waals surface area contributed by atoms with Gasteiger partial charge in [0.05, 0.1) is 29.8 Å². The Morgan fingerprint density at radius 3 is 2.61 bits per heavy atom. The van der Waals surface area contributed by atoms with E-state index in [2.05, 4.69) is 23.5 Å². The molecule has 1 N–H and O–H groups in total. The summed E-state index contributed by atoms with van der Waals surface area (Å²) >= 11 is 7.23. The van der Waals surface area contributed by atoms with Crippen molar-refractivity contribution in [2.75, 3.05) is 11.1 Å². The Kier molecular flexibility index (Phi) is 6.89. The van der Waals surface area contributed by atoms with Crippen LogP contribution in [-0.4, -0.2) is 21.2 Å². The monoisotopic (exact) mass is 545 g/mol. The van der Waals surface area contributed by atoms with Crippen LogP contribution in [0.4, 0.5) is 5.69 Å². The number of halogens is 1. The Morgan fingerprint density at radius 1 is 1.05 bits per heavy atom. The van der Waals surface area contributed by atoms with E-state index in [1.165, 1.54) is 23.7 Å². The average Bonchev–Trinajstić information content (AvgIpc) is 3.44. The minimum Gasteiger partial charge on any atom is -0.467 e. The van der Waals surface area contributed by atoms with Gasteiger partial charge in [-0.15, -0.1) is 0 Å². The summed E-state index contributed by atoms with van der Waals surface area (Å²) in [6, 6.07) is 19.0. The number of rotatable bonds is 6. The van der Waals surface area contributed by atoms with Crippen LogP contribution in [0.15, 0.2) is 81.3 Å². The number of amides is 1. The van der Waals surface area contributed by atoms with Gasteiger partial charge in [0.25, 0.3) is 5.56 Å². The molecule has 0 atom stereocenters. The van der Waals surface area contributed by atoms with Crippen molar-refractivity contribution in [1.82, 2.24) is 9.55 Å². The Balaban J connectivity index is 1.41. The third-order valence-electron chi connectivity index (χ3n) is 7.63. The van der Waals surface area contributed by atoms with E-state index in [0.29, 0.717) is 21.6 Å². The molecule has 4 aromatic rings. The fourth-order valence-corrected chi connectivity index (χ4v) is 6.81. The van der Waals surface area contributed by atoms with E-state index in [-0.39, 0.29) is 29.2 Å². The normalized spacial score (nSPS) is 15.6. The number of benzene rings is 2. The van der Waals surface area contributed by atoms with Gasteiger partial charge >= 0.3 is 0 Å². The predicted octanol–water partition coefficient (Wildman–Crippen LogP) is 6.69. The summed E-state index contributed by atoms with van der Waals surface area (Å²) < 4.78 is 7.31. The van der Waals surface area contributed by atoms with E-state index >= 15 is 0 Å². The van der Waals surface area contributed by atoms with E-state index in [1.54, 1.807) is 35.1 Å². The van der Waals surface area contributed by atoms with Crippen LogP contribution in [0.2, 0.25) is 5.02 Å². The lowest BCUT2D eigenvalue weighted by Gasteiger charge is -2.42. The molecule has 2 aromatic carbocycles. The number of furan rings is 1. The van der Waals surface area contributed by atoms with E-state index < -0.39 is 0 Å². The predicted molar refractivity (Wildman–Crippen MR) is 151 cm³/mol. The molecule has 6 rings (SSSR count). The smallest absolute Gasteiger partial charge is 0.258 e. The number of hydrogen-bond acceptors (Lipinski definition) is 5. The lowest BCUT2D eigenvalue weighted by Crippen LogP contribution is -2.43. The molecule has 194 valence electrons. The van der Waals surface area contributed by atoms with Crippen LogP contribution in [-0.2, 0) is 23.2 Å². The Labute approximate surface area is 230 Å². The van der Waals surface area contributed by atoms with Gasteiger partial charge in [0.1, 0.15) is 5.76 Å². The van der Waals surface area contributed by atoms with Gasteiger partial charge in [-0.3, -0.25) is 14.2 Å². The number of anilines is 1. The number of nitrogens with zero attached hydrogens (tertiary/aromatic N) is 2. The highest BCUT2D eigenvalue weighted by atomic mass is 35.5. The minimum absolute atomic E-state index is 0.0246. The molecule has 2 aliphatic carbocycles. The van der Waals surface area contributed by atoms with Crippen LogP contribution in [0.1, 0.15) is 49.0 Å². The maximum atomic E-state index is 14.4. The lowest BCUT2D eigenvalue weighted by molar-refractivity contribution is -0.113. The largest absolute Gasteiger partial charge is 0.467 e. The Hall–Kier alpha value is -3.29. The van der Waals surface area contributed by atoms with Crippen molar-refractivity contribution in [3.8, 4) is 11.3 Å². The summed E-state index contributed by atoms with van der Waals surface area (Å²) in [5.74, 6) is 0.604. The molecule has 2 heterocycles. The molecule has 38 heavy (non-hydrogen) atoms. The molecule has 0 unspecified atom stereocenters. The third kappa shape index (κ3) is 4.81. The summed E-state index contributed by atoms with van der Waals surface area (Å²) in [4.78, 5) is 32.3. The standard InChI is InChI=1S/C30H28ClN3O3S/c31-21-10-12-22(13-11-21)32-25(35)19-38-29-33-27-24-9-3-2-7-20(24)17-30(14-4-1-5-15-30)26(27)28(36)34(29)18-23-8-6-16-37-23/h2-3,6-13,16H,1,4-5,14-15,17-19H2,(H,32,35). The second kappa shape index (κ2) is 10.5. The zero-order chi connectivity index (χ0) is 26.1. The molecule has 1 fully saturated rings. The summed E-state index contributed by atoms with van der Waals surface area (Å²) in [5.41, 5.74) is 4.31. The molecule has 0 aliphatic heterocycles. The molecular weight excluding hydrogens is 518 g/mol. The molecular formula is C30H28ClN3O3S. The molecule has 0 radical (unpaired) electrons. The highest BCUT2D eigenvalue weighted by molar-refractivity contribution is 7.99. The Bertz CT molecular complexity index is 1520. The van der Waals surface area contributed by atoms with Gasteiger partial charge in [0.2, 0.25) is 5.91 Å². The maximum Gasteiger partial charge on any atom is 0.258 e. The lowest BCUT2D eigenvalue weighted by atomic mass is 9.62. The van der Waals surface area contributed by atoms with Gasteiger partial charge in [-0.1, -0.05) is 66.9 Å². The third-order valence-corrected chi connectivity index (χ3v) is 8.86. The second-order valence-electron chi connectivity index (χ2n) is 10.1. The number of fused-ring (bicyclic) bond motifs is 4. The van der Waals surface area contributed by atoms with Crippen LogP contribution >= 0.6 is 23.4 Å². The highest BCUT2D eigenvalue weighted by Gasteiger charge is 2.43. The average molecular weight is 546 g/mol. The molecule has 2 aliphatic rings. The van der Waals surface area contributed by atoms with Crippen molar-refractivity contribution in [2.45, 2.75) is 55.6 Å². The number of carbonyl (C=O) groups excluding carboxylic acids is 1. The van der Waals surface area contributed by atoms with E-state index in [0.717, 1.165) is 48.9 Å². The summed E-state index contributed by atoms with van der Waals surface area (Å²) in [5, 5.41) is 4.01. The molecule has 6 nitrogen and oxygen atoms in total. The number of aromatic nitrogens is 2. The van der Waals surface area contributed by atoms with Crippen LogP contribution < -0.4 is 10.9 Å². The molecule has 1 saturated carbocycles. The second-order valence-corrected chi connectivity index (χ2v) is 11.5. The fourth-order valence-electron chi connectivity index (χ4n) is 5.89. The maximum absolute atomic E-state index is 14.4. The van der Waals surface area contributed by atoms with Gasteiger partial charge in [-0.2, -0.15) is 0 Å². The van der Waals surface area contributed by atoms with Gasteiger partial charge < -0.3 is 9.73 Å². The summed E-state index contributed by atoms with van der Waals surface area (Å²) in [6.45, 7) is 0.269. The quantitative estimate of drug-likeness (QED) is 0.216. The first-order valence-electron chi connectivity index (χ1n) is 13.0. The molecule has 0 bridgehead atoms. The first-order valence-corrected chi connectivity index (χ1v) is 14.3. The summed E-state index contributed by atoms with van der Waals surface area (Å²) in [6.07, 6.45) is 7.87. The van der Waals surface area contributed by atoms with Crippen LogP contribution in [0.5, 0.6) is 0 Å². The van der Waals surface area contributed by atoms with Crippen molar-refractivity contribution in [3.05, 3.63) is 99.2 Å². The number of carbonyl (C=O) groups is 1. The van der Waals surface area contributed by atoms with E-state index in [4.69, 9.17) is 21.0 Å². The number of hydrogen-bond donors (Lipinski definition) is 1. The fraction of sp³-hybridized carbons (Fsp3) is 0.300.